The Bertz CT molecular complexity index is 1800. The molecule has 0 saturated heterocycles. The van der Waals surface area contributed by atoms with Gasteiger partial charge in [-0.1, -0.05) is 36.4 Å². The van der Waals surface area contributed by atoms with E-state index in [0.717, 1.165) is 42.5 Å². The van der Waals surface area contributed by atoms with Crippen LogP contribution in [-0.4, -0.2) is 38.3 Å². The van der Waals surface area contributed by atoms with Gasteiger partial charge in [-0.3, -0.25) is 9.59 Å². The SMILES string of the molecule is COC(=O)CCCOc1ccc(CC(NC(=O)c2ccc(F)c(C(F)(F)F)c2)(c2cccc(OC(F)(F)F)c2)c2cccc(OC(F)(F)F)c2)cc1. The van der Waals surface area contributed by atoms with Gasteiger partial charge in [0.2, 0.25) is 0 Å². The van der Waals surface area contributed by atoms with Crippen LogP contribution in [0.25, 0.3) is 0 Å². The maximum absolute atomic E-state index is 14.1. The number of benzene rings is 4. The molecule has 0 aromatic heterocycles. The molecular formula is C35H27F10NO6. The molecule has 0 aliphatic rings. The normalized spacial score (nSPS) is 12.2. The van der Waals surface area contributed by atoms with E-state index in [9.17, 15) is 53.5 Å². The molecule has 0 fully saturated rings. The smallest absolute Gasteiger partial charge is 0.494 e. The molecule has 1 amide bonds. The van der Waals surface area contributed by atoms with Gasteiger partial charge in [-0.15, -0.1) is 26.3 Å². The molecule has 0 unspecified atom stereocenters. The summed E-state index contributed by atoms with van der Waals surface area (Å²) in [5.41, 5.74) is -4.83. The zero-order valence-corrected chi connectivity index (χ0v) is 26.7. The number of esters is 1. The summed E-state index contributed by atoms with van der Waals surface area (Å²) in [5, 5.41) is 2.50. The van der Waals surface area contributed by atoms with Crippen molar-refractivity contribution in [2.24, 2.45) is 0 Å². The number of rotatable bonds is 13. The van der Waals surface area contributed by atoms with Crippen LogP contribution in [0.1, 0.15) is 45.5 Å². The van der Waals surface area contributed by atoms with Crippen LogP contribution < -0.4 is 19.5 Å². The number of halogens is 10. The number of hydrogen-bond acceptors (Lipinski definition) is 6. The Morgan fingerprint density at radius 3 is 1.75 bits per heavy atom. The molecule has 0 bridgehead atoms. The van der Waals surface area contributed by atoms with E-state index < -0.39 is 71.2 Å². The molecule has 4 aromatic rings. The first-order valence-corrected chi connectivity index (χ1v) is 15.0. The van der Waals surface area contributed by atoms with Crippen LogP contribution in [0.2, 0.25) is 0 Å². The quantitative estimate of drug-likeness (QED) is 0.0837. The first-order valence-electron chi connectivity index (χ1n) is 15.0. The second-order valence-electron chi connectivity index (χ2n) is 11.1. The number of hydrogen-bond donors (Lipinski definition) is 1. The third-order valence-corrected chi connectivity index (χ3v) is 7.40. The summed E-state index contributed by atoms with van der Waals surface area (Å²) in [5.74, 6) is -4.76. The van der Waals surface area contributed by atoms with Gasteiger partial charge < -0.3 is 24.3 Å². The number of methoxy groups -OCH3 is 1. The lowest BCUT2D eigenvalue weighted by molar-refractivity contribution is -0.275. The lowest BCUT2D eigenvalue weighted by atomic mass is 9.77. The minimum atomic E-state index is -5.23. The van der Waals surface area contributed by atoms with Crippen molar-refractivity contribution in [2.45, 2.75) is 43.7 Å². The van der Waals surface area contributed by atoms with E-state index in [0.29, 0.717) is 23.8 Å². The van der Waals surface area contributed by atoms with Crippen molar-refractivity contribution in [3.05, 3.63) is 125 Å². The Kier molecular flexibility index (Phi) is 12.0. The number of nitrogens with one attached hydrogen (secondary N) is 1. The molecule has 0 aliphatic carbocycles. The number of carbonyl (C=O) groups excluding carboxylic acids is 2. The highest BCUT2D eigenvalue weighted by Gasteiger charge is 2.41. The fraction of sp³-hybridized carbons (Fsp3) is 0.257. The topological polar surface area (TPSA) is 83.1 Å². The summed E-state index contributed by atoms with van der Waals surface area (Å²) in [6.45, 7) is 0.101. The Morgan fingerprint density at radius 1 is 0.692 bits per heavy atom. The molecule has 0 saturated carbocycles. The minimum Gasteiger partial charge on any atom is -0.494 e. The van der Waals surface area contributed by atoms with Gasteiger partial charge in [-0.2, -0.15) is 13.2 Å². The molecule has 7 nitrogen and oxygen atoms in total. The van der Waals surface area contributed by atoms with E-state index in [1.807, 2.05) is 0 Å². The second-order valence-corrected chi connectivity index (χ2v) is 11.1. The summed E-state index contributed by atoms with van der Waals surface area (Å²) in [7, 11) is 1.23. The molecule has 4 rings (SSSR count). The lowest BCUT2D eigenvalue weighted by Gasteiger charge is -2.37. The predicted octanol–water partition coefficient (Wildman–Crippen LogP) is 8.89. The highest BCUT2D eigenvalue weighted by Crippen LogP contribution is 2.39. The van der Waals surface area contributed by atoms with E-state index >= 15 is 0 Å². The molecular weight excluding hydrogens is 720 g/mol. The Morgan fingerprint density at radius 2 is 1.25 bits per heavy atom. The summed E-state index contributed by atoms with van der Waals surface area (Å²) in [4.78, 5) is 25.2. The van der Waals surface area contributed by atoms with E-state index in [2.05, 4.69) is 19.5 Å². The third kappa shape index (κ3) is 10.8. The summed E-state index contributed by atoms with van der Waals surface area (Å²) < 4.78 is 153. The number of carbonyl (C=O) groups is 2. The monoisotopic (exact) mass is 747 g/mol. The molecule has 4 aromatic carbocycles. The van der Waals surface area contributed by atoms with Gasteiger partial charge in [0.1, 0.15) is 23.1 Å². The molecule has 0 aliphatic heterocycles. The third-order valence-electron chi connectivity index (χ3n) is 7.40. The van der Waals surface area contributed by atoms with Crippen molar-refractivity contribution in [1.82, 2.24) is 5.32 Å². The van der Waals surface area contributed by atoms with Crippen LogP contribution in [0.5, 0.6) is 17.2 Å². The van der Waals surface area contributed by atoms with Crippen LogP contribution in [-0.2, 0) is 27.7 Å². The molecule has 0 radical (unpaired) electrons. The Hall–Kier alpha value is -5.48. The second kappa shape index (κ2) is 15.8. The molecule has 17 heteroatoms. The first-order chi connectivity index (χ1) is 24.3. The van der Waals surface area contributed by atoms with E-state index in [-0.39, 0.29) is 30.2 Å². The molecule has 0 spiro atoms. The average Bonchev–Trinajstić information content (AvgIpc) is 3.05. The maximum atomic E-state index is 14.1. The number of alkyl halides is 9. The fourth-order valence-corrected chi connectivity index (χ4v) is 5.14. The van der Waals surface area contributed by atoms with Gasteiger partial charge in [0.05, 0.1) is 24.8 Å². The van der Waals surface area contributed by atoms with Gasteiger partial charge in [0, 0.05) is 18.4 Å². The zero-order valence-electron chi connectivity index (χ0n) is 26.7. The zero-order chi connectivity index (χ0) is 38.3. The van der Waals surface area contributed by atoms with Crippen LogP contribution in [0, 0.1) is 5.82 Å². The van der Waals surface area contributed by atoms with Crippen molar-refractivity contribution in [3.8, 4) is 17.2 Å². The van der Waals surface area contributed by atoms with Gasteiger partial charge in [0.15, 0.2) is 0 Å². The van der Waals surface area contributed by atoms with Gasteiger partial charge >= 0.3 is 24.9 Å². The molecule has 0 heterocycles. The minimum absolute atomic E-state index is 0.0730. The van der Waals surface area contributed by atoms with Crippen molar-refractivity contribution in [1.29, 1.82) is 0 Å². The van der Waals surface area contributed by atoms with Crippen molar-refractivity contribution in [3.63, 3.8) is 0 Å². The lowest BCUT2D eigenvalue weighted by Crippen LogP contribution is -2.48. The van der Waals surface area contributed by atoms with Gasteiger partial charge in [-0.25, -0.2) is 4.39 Å². The molecule has 52 heavy (non-hydrogen) atoms. The molecule has 0 atom stereocenters. The average molecular weight is 748 g/mol. The Balaban J connectivity index is 1.88. The number of ether oxygens (including phenoxy) is 4. The molecule has 278 valence electrons. The van der Waals surface area contributed by atoms with Crippen molar-refractivity contribution in [2.75, 3.05) is 13.7 Å². The molecule has 1 N–H and O–H groups in total. The van der Waals surface area contributed by atoms with Crippen LogP contribution >= 0.6 is 0 Å². The van der Waals surface area contributed by atoms with Crippen LogP contribution in [0.4, 0.5) is 43.9 Å². The highest BCUT2D eigenvalue weighted by molar-refractivity contribution is 5.95. The van der Waals surface area contributed by atoms with Gasteiger partial charge in [-0.05, 0) is 77.7 Å². The van der Waals surface area contributed by atoms with E-state index in [1.54, 1.807) is 0 Å². The van der Waals surface area contributed by atoms with Crippen molar-refractivity contribution >= 4 is 11.9 Å². The largest absolute Gasteiger partial charge is 0.573 e. The highest BCUT2D eigenvalue weighted by atomic mass is 19.4. The van der Waals surface area contributed by atoms with E-state index in [1.165, 1.54) is 43.5 Å². The number of amides is 1. The van der Waals surface area contributed by atoms with Crippen LogP contribution in [0.3, 0.4) is 0 Å². The maximum Gasteiger partial charge on any atom is 0.573 e. The van der Waals surface area contributed by atoms with E-state index in [4.69, 9.17) is 4.74 Å². The standard InChI is InChI=1S/C35H27F10NO6/c1-49-30(47)9-4-16-50-25-13-10-21(11-14-25)20-32(23-5-2-7-26(18-23)51-34(40,41)42,24-6-3-8-27(19-24)52-35(43,44)45)46-31(48)22-12-15-29(36)28(17-22)33(37,38)39/h2-3,5-8,10-15,17-19H,4,9,16,20H2,1H3,(H,46,48). The van der Waals surface area contributed by atoms with Crippen molar-refractivity contribution < 1.29 is 72.4 Å². The Labute approximate surface area is 289 Å². The summed E-state index contributed by atoms with van der Waals surface area (Å²) in [6, 6.07) is 15.3. The van der Waals surface area contributed by atoms with Crippen LogP contribution in [0.15, 0.2) is 91.0 Å². The summed E-state index contributed by atoms with van der Waals surface area (Å²) >= 11 is 0. The van der Waals surface area contributed by atoms with Gasteiger partial charge in [0.25, 0.3) is 5.91 Å². The first kappa shape index (κ1) is 39.3. The fourth-order valence-electron chi connectivity index (χ4n) is 5.14. The predicted molar refractivity (Wildman–Crippen MR) is 163 cm³/mol. The summed E-state index contributed by atoms with van der Waals surface area (Å²) in [6.07, 6.45) is -15.7.